The van der Waals surface area contributed by atoms with E-state index in [4.69, 9.17) is 14.2 Å². The van der Waals surface area contributed by atoms with Gasteiger partial charge in [-0.3, -0.25) is 0 Å². The van der Waals surface area contributed by atoms with E-state index in [9.17, 15) is 0 Å². The molecule has 4 heteroatoms. The van der Waals surface area contributed by atoms with Gasteiger partial charge < -0.3 is 19.5 Å². The van der Waals surface area contributed by atoms with Crippen LogP contribution in [0, 0.1) is 5.92 Å². The molecule has 0 aromatic heterocycles. The molecule has 1 saturated carbocycles. The molecule has 0 bridgehead atoms. The Labute approximate surface area is 121 Å². The number of benzene rings is 1. The van der Waals surface area contributed by atoms with Crippen LogP contribution in [-0.4, -0.2) is 33.5 Å². The standard InChI is InChI=1S/C16H25NO3/c1-3-19-15-6-4-5-14(11-17-9-10-18-2)16(15)20-12-13-7-8-13/h4-6,13,17H,3,7-12H2,1-2H3. The second-order valence-corrected chi connectivity index (χ2v) is 5.10. The first kappa shape index (κ1) is 15.1. The minimum absolute atomic E-state index is 0.653. The number of para-hydroxylation sites is 1. The lowest BCUT2D eigenvalue weighted by Crippen LogP contribution is -2.19. The largest absolute Gasteiger partial charge is 0.490 e. The Morgan fingerprint density at radius 2 is 2.10 bits per heavy atom. The normalized spacial score (nSPS) is 14.3. The highest BCUT2D eigenvalue weighted by molar-refractivity contribution is 5.46. The predicted molar refractivity (Wildman–Crippen MR) is 79.4 cm³/mol. The van der Waals surface area contributed by atoms with E-state index in [1.54, 1.807) is 7.11 Å². The van der Waals surface area contributed by atoms with Gasteiger partial charge in [0.05, 0.1) is 19.8 Å². The van der Waals surface area contributed by atoms with Crippen molar-refractivity contribution in [3.8, 4) is 11.5 Å². The Bertz CT molecular complexity index is 405. The summed E-state index contributed by atoms with van der Waals surface area (Å²) in [6, 6.07) is 6.08. The van der Waals surface area contributed by atoms with Crippen molar-refractivity contribution >= 4 is 0 Å². The molecule has 1 aliphatic carbocycles. The quantitative estimate of drug-likeness (QED) is 0.668. The van der Waals surface area contributed by atoms with Crippen molar-refractivity contribution in [1.29, 1.82) is 0 Å². The molecule has 1 aromatic rings. The average molecular weight is 279 g/mol. The van der Waals surface area contributed by atoms with Crippen molar-refractivity contribution in [2.45, 2.75) is 26.3 Å². The maximum absolute atomic E-state index is 6.01. The summed E-state index contributed by atoms with van der Waals surface area (Å²) in [4.78, 5) is 0. The van der Waals surface area contributed by atoms with Crippen molar-refractivity contribution < 1.29 is 14.2 Å². The molecule has 112 valence electrons. The highest BCUT2D eigenvalue weighted by Gasteiger charge is 2.23. The summed E-state index contributed by atoms with van der Waals surface area (Å²) in [5.41, 5.74) is 1.15. The fraction of sp³-hybridized carbons (Fsp3) is 0.625. The first-order valence-electron chi connectivity index (χ1n) is 7.42. The van der Waals surface area contributed by atoms with Gasteiger partial charge in [-0.2, -0.15) is 0 Å². The second kappa shape index (κ2) is 8.12. The number of rotatable bonds is 10. The first-order chi connectivity index (χ1) is 9.85. The minimum atomic E-state index is 0.653. The van der Waals surface area contributed by atoms with Crippen molar-refractivity contribution in [3.05, 3.63) is 23.8 Å². The maximum atomic E-state index is 6.01. The highest BCUT2D eigenvalue weighted by Crippen LogP contribution is 2.35. The van der Waals surface area contributed by atoms with E-state index in [1.807, 2.05) is 19.1 Å². The lowest BCUT2D eigenvalue weighted by molar-refractivity contribution is 0.199. The van der Waals surface area contributed by atoms with Crippen LogP contribution in [-0.2, 0) is 11.3 Å². The van der Waals surface area contributed by atoms with Crippen molar-refractivity contribution in [2.75, 3.05) is 33.5 Å². The Hall–Kier alpha value is -1.26. The van der Waals surface area contributed by atoms with Gasteiger partial charge in [0.2, 0.25) is 0 Å². The van der Waals surface area contributed by atoms with Gasteiger partial charge in [-0.15, -0.1) is 0 Å². The van der Waals surface area contributed by atoms with E-state index in [1.165, 1.54) is 12.8 Å². The van der Waals surface area contributed by atoms with E-state index < -0.39 is 0 Å². The van der Waals surface area contributed by atoms with Gasteiger partial charge in [0.25, 0.3) is 0 Å². The van der Waals surface area contributed by atoms with Crippen LogP contribution in [0.3, 0.4) is 0 Å². The van der Waals surface area contributed by atoms with Crippen LogP contribution in [0.2, 0.25) is 0 Å². The van der Waals surface area contributed by atoms with Gasteiger partial charge in [0.15, 0.2) is 11.5 Å². The van der Waals surface area contributed by atoms with Crippen LogP contribution in [0.15, 0.2) is 18.2 Å². The molecule has 0 saturated heterocycles. The Balaban J connectivity index is 2.00. The summed E-state index contributed by atoms with van der Waals surface area (Å²) in [5.74, 6) is 2.48. The smallest absolute Gasteiger partial charge is 0.165 e. The SMILES string of the molecule is CCOc1cccc(CNCCOC)c1OCC1CC1. The van der Waals surface area contributed by atoms with Crippen molar-refractivity contribution in [1.82, 2.24) is 5.32 Å². The van der Waals surface area contributed by atoms with Gasteiger partial charge in [-0.25, -0.2) is 0 Å². The van der Waals surface area contributed by atoms with Gasteiger partial charge in [-0.1, -0.05) is 12.1 Å². The fourth-order valence-corrected chi connectivity index (χ4v) is 2.02. The van der Waals surface area contributed by atoms with Crippen LogP contribution in [0.25, 0.3) is 0 Å². The summed E-state index contributed by atoms with van der Waals surface area (Å²) in [6.07, 6.45) is 2.58. The molecule has 0 amide bonds. The Morgan fingerprint density at radius 1 is 1.25 bits per heavy atom. The molecule has 1 aliphatic rings. The molecule has 0 spiro atoms. The third-order valence-electron chi connectivity index (χ3n) is 3.32. The van der Waals surface area contributed by atoms with E-state index in [0.717, 1.165) is 42.7 Å². The zero-order valence-electron chi connectivity index (χ0n) is 12.5. The molecule has 1 fully saturated rings. The summed E-state index contributed by atoms with van der Waals surface area (Å²) in [6.45, 7) is 5.76. The zero-order valence-corrected chi connectivity index (χ0v) is 12.5. The first-order valence-corrected chi connectivity index (χ1v) is 7.42. The van der Waals surface area contributed by atoms with Gasteiger partial charge >= 0.3 is 0 Å². The molecule has 0 aliphatic heterocycles. The van der Waals surface area contributed by atoms with E-state index >= 15 is 0 Å². The zero-order chi connectivity index (χ0) is 14.2. The van der Waals surface area contributed by atoms with Crippen LogP contribution < -0.4 is 14.8 Å². The molecular weight excluding hydrogens is 254 g/mol. The lowest BCUT2D eigenvalue weighted by Gasteiger charge is -2.16. The molecule has 2 rings (SSSR count). The maximum Gasteiger partial charge on any atom is 0.165 e. The molecule has 4 nitrogen and oxygen atoms in total. The Kier molecular flexibility index (Phi) is 6.15. The summed E-state index contributed by atoms with van der Waals surface area (Å²) < 4.78 is 16.7. The third kappa shape index (κ3) is 4.69. The molecule has 1 aromatic carbocycles. The number of nitrogens with one attached hydrogen (secondary N) is 1. The van der Waals surface area contributed by atoms with E-state index in [2.05, 4.69) is 11.4 Å². The monoisotopic (exact) mass is 279 g/mol. The van der Waals surface area contributed by atoms with Crippen LogP contribution >= 0.6 is 0 Å². The molecular formula is C16H25NO3. The molecule has 0 heterocycles. The van der Waals surface area contributed by atoms with E-state index in [-0.39, 0.29) is 0 Å². The third-order valence-corrected chi connectivity index (χ3v) is 3.32. The molecule has 20 heavy (non-hydrogen) atoms. The number of hydrogen-bond acceptors (Lipinski definition) is 4. The highest BCUT2D eigenvalue weighted by atomic mass is 16.5. The number of ether oxygens (including phenoxy) is 3. The fourth-order valence-electron chi connectivity index (χ4n) is 2.02. The summed E-state index contributed by atoms with van der Waals surface area (Å²) in [5, 5.41) is 3.36. The summed E-state index contributed by atoms with van der Waals surface area (Å²) >= 11 is 0. The van der Waals surface area contributed by atoms with Gasteiger partial charge in [-0.05, 0) is 31.7 Å². The lowest BCUT2D eigenvalue weighted by atomic mass is 10.2. The molecule has 0 radical (unpaired) electrons. The predicted octanol–water partition coefficient (Wildman–Crippen LogP) is 2.61. The van der Waals surface area contributed by atoms with Gasteiger partial charge in [0.1, 0.15) is 0 Å². The van der Waals surface area contributed by atoms with Gasteiger partial charge in [0, 0.05) is 25.8 Å². The van der Waals surface area contributed by atoms with E-state index in [0.29, 0.717) is 13.2 Å². The van der Waals surface area contributed by atoms with Crippen LogP contribution in [0.1, 0.15) is 25.3 Å². The van der Waals surface area contributed by atoms with Crippen molar-refractivity contribution in [2.24, 2.45) is 5.92 Å². The molecule has 1 N–H and O–H groups in total. The topological polar surface area (TPSA) is 39.7 Å². The number of hydrogen-bond donors (Lipinski definition) is 1. The Morgan fingerprint density at radius 3 is 2.80 bits per heavy atom. The second-order valence-electron chi connectivity index (χ2n) is 5.10. The molecule has 0 unspecified atom stereocenters. The number of methoxy groups -OCH3 is 1. The average Bonchev–Trinajstić information content (AvgIpc) is 3.27. The molecule has 0 atom stereocenters. The summed E-state index contributed by atoms with van der Waals surface area (Å²) in [7, 11) is 1.71. The van der Waals surface area contributed by atoms with Crippen LogP contribution in [0.5, 0.6) is 11.5 Å². The van der Waals surface area contributed by atoms with Crippen molar-refractivity contribution in [3.63, 3.8) is 0 Å². The minimum Gasteiger partial charge on any atom is -0.490 e. The van der Waals surface area contributed by atoms with Crippen LogP contribution in [0.4, 0.5) is 0 Å².